The van der Waals surface area contributed by atoms with Gasteiger partial charge in [-0.3, -0.25) is 0 Å². The first-order valence-corrected chi connectivity index (χ1v) is 4.87. The van der Waals surface area contributed by atoms with Gasteiger partial charge in [-0.05, 0) is 18.8 Å². The van der Waals surface area contributed by atoms with Crippen LogP contribution in [-0.2, 0) is 9.47 Å². The Labute approximate surface area is 75.2 Å². The largest absolute Gasteiger partial charge is 0.356 e. The van der Waals surface area contributed by atoms with Crippen molar-refractivity contribution in [3.63, 3.8) is 0 Å². The third-order valence-electron chi connectivity index (χ3n) is 2.98. The molecule has 1 saturated heterocycles. The van der Waals surface area contributed by atoms with Gasteiger partial charge < -0.3 is 9.47 Å². The van der Waals surface area contributed by atoms with Crippen LogP contribution in [0.3, 0.4) is 0 Å². The first kappa shape index (κ1) is 10.0. The maximum Gasteiger partial charge on any atom is 0.160 e. The Hall–Kier alpha value is -0.0800. The minimum Gasteiger partial charge on any atom is -0.356 e. The van der Waals surface area contributed by atoms with E-state index in [9.17, 15) is 0 Å². The molecular formula is C10H20O2. The van der Waals surface area contributed by atoms with Crippen molar-refractivity contribution in [2.45, 2.75) is 46.0 Å². The van der Waals surface area contributed by atoms with Crippen LogP contribution in [0.15, 0.2) is 0 Å². The van der Waals surface area contributed by atoms with Gasteiger partial charge in [-0.2, -0.15) is 0 Å². The monoisotopic (exact) mass is 172 g/mol. The standard InChI is InChI=1S/C10H20O2/c1-5-9-6-7(2)8(3)10(11-4)12-9/h7-10H,5-6H2,1-4H3. The predicted molar refractivity (Wildman–Crippen MR) is 48.9 cm³/mol. The fourth-order valence-corrected chi connectivity index (χ4v) is 1.80. The van der Waals surface area contributed by atoms with E-state index >= 15 is 0 Å². The van der Waals surface area contributed by atoms with Crippen molar-refractivity contribution < 1.29 is 9.47 Å². The quantitative estimate of drug-likeness (QED) is 0.637. The van der Waals surface area contributed by atoms with E-state index in [1.807, 2.05) is 0 Å². The summed E-state index contributed by atoms with van der Waals surface area (Å²) >= 11 is 0. The Morgan fingerprint density at radius 2 is 2.08 bits per heavy atom. The van der Waals surface area contributed by atoms with Gasteiger partial charge in [0.25, 0.3) is 0 Å². The van der Waals surface area contributed by atoms with Gasteiger partial charge in [0, 0.05) is 13.0 Å². The molecule has 1 aliphatic heterocycles. The first-order chi connectivity index (χ1) is 5.69. The normalized spacial score (nSPS) is 43.0. The topological polar surface area (TPSA) is 18.5 Å². The van der Waals surface area contributed by atoms with Crippen LogP contribution in [0.5, 0.6) is 0 Å². The lowest BCUT2D eigenvalue weighted by Gasteiger charge is -2.37. The third kappa shape index (κ3) is 1.99. The zero-order valence-electron chi connectivity index (χ0n) is 8.54. The highest BCUT2D eigenvalue weighted by Crippen LogP contribution is 2.31. The van der Waals surface area contributed by atoms with Crippen LogP contribution in [0.4, 0.5) is 0 Å². The summed E-state index contributed by atoms with van der Waals surface area (Å²) in [6, 6.07) is 0. The summed E-state index contributed by atoms with van der Waals surface area (Å²) in [7, 11) is 1.73. The molecule has 0 amide bonds. The Bertz CT molecular complexity index is 136. The van der Waals surface area contributed by atoms with E-state index in [0.717, 1.165) is 6.42 Å². The molecule has 4 unspecified atom stereocenters. The molecule has 0 bridgehead atoms. The highest BCUT2D eigenvalue weighted by atomic mass is 16.7. The molecular weight excluding hydrogens is 152 g/mol. The van der Waals surface area contributed by atoms with E-state index in [0.29, 0.717) is 17.9 Å². The number of rotatable bonds is 2. The van der Waals surface area contributed by atoms with Gasteiger partial charge in [-0.1, -0.05) is 20.8 Å². The van der Waals surface area contributed by atoms with E-state index in [1.165, 1.54) is 6.42 Å². The van der Waals surface area contributed by atoms with E-state index in [-0.39, 0.29) is 6.29 Å². The van der Waals surface area contributed by atoms with Crippen molar-refractivity contribution >= 4 is 0 Å². The lowest BCUT2D eigenvalue weighted by atomic mass is 9.86. The Kier molecular flexibility index (Phi) is 3.53. The molecule has 72 valence electrons. The number of hydrogen-bond acceptors (Lipinski definition) is 2. The first-order valence-electron chi connectivity index (χ1n) is 4.87. The van der Waals surface area contributed by atoms with Gasteiger partial charge >= 0.3 is 0 Å². The molecule has 0 aromatic rings. The van der Waals surface area contributed by atoms with E-state index in [1.54, 1.807) is 7.11 Å². The molecule has 2 heteroatoms. The van der Waals surface area contributed by atoms with Gasteiger partial charge in [0.05, 0.1) is 6.10 Å². The smallest absolute Gasteiger partial charge is 0.160 e. The molecule has 0 N–H and O–H groups in total. The molecule has 0 radical (unpaired) electrons. The summed E-state index contributed by atoms with van der Waals surface area (Å²) in [6.07, 6.45) is 2.69. The highest BCUT2D eigenvalue weighted by Gasteiger charge is 2.32. The molecule has 4 atom stereocenters. The van der Waals surface area contributed by atoms with Crippen molar-refractivity contribution in [3.8, 4) is 0 Å². The maximum absolute atomic E-state index is 5.75. The molecule has 1 rings (SSSR count). The van der Waals surface area contributed by atoms with Gasteiger partial charge in [0.15, 0.2) is 6.29 Å². The molecule has 1 heterocycles. The van der Waals surface area contributed by atoms with Crippen LogP contribution in [0, 0.1) is 11.8 Å². The fraction of sp³-hybridized carbons (Fsp3) is 1.00. The summed E-state index contributed by atoms with van der Waals surface area (Å²) in [5, 5.41) is 0. The van der Waals surface area contributed by atoms with Crippen LogP contribution in [-0.4, -0.2) is 19.5 Å². The van der Waals surface area contributed by atoms with Crippen LogP contribution in [0.25, 0.3) is 0 Å². The van der Waals surface area contributed by atoms with Crippen molar-refractivity contribution in [1.29, 1.82) is 0 Å². The minimum atomic E-state index is 0.0127. The molecule has 0 aliphatic carbocycles. The second-order valence-corrected chi connectivity index (χ2v) is 3.84. The van der Waals surface area contributed by atoms with Crippen molar-refractivity contribution in [1.82, 2.24) is 0 Å². The summed E-state index contributed by atoms with van der Waals surface area (Å²) in [4.78, 5) is 0. The Balaban J connectivity index is 2.52. The van der Waals surface area contributed by atoms with Crippen LogP contribution in [0.2, 0.25) is 0 Å². The maximum atomic E-state index is 5.75. The van der Waals surface area contributed by atoms with E-state index in [2.05, 4.69) is 20.8 Å². The van der Waals surface area contributed by atoms with E-state index < -0.39 is 0 Å². The summed E-state index contributed by atoms with van der Waals surface area (Å²) in [5.41, 5.74) is 0. The summed E-state index contributed by atoms with van der Waals surface area (Å²) in [5.74, 6) is 1.24. The van der Waals surface area contributed by atoms with Gasteiger partial charge in [0.2, 0.25) is 0 Å². The fourth-order valence-electron chi connectivity index (χ4n) is 1.80. The summed E-state index contributed by atoms with van der Waals surface area (Å²) < 4.78 is 11.0. The predicted octanol–water partition coefficient (Wildman–Crippen LogP) is 2.43. The average molecular weight is 172 g/mol. The molecule has 0 aromatic heterocycles. The van der Waals surface area contributed by atoms with Gasteiger partial charge in [0.1, 0.15) is 0 Å². The second kappa shape index (κ2) is 4.24. The molecule has 0 spiro atoms. The number of methoxy groups -OCH3 is 1. The van der Waals surface area contributed by atoms with Gasteiger partial charge in [-0.25, -0.2) is 0 Å². The molecule has 0 saturated carbocycles. The minimum absolute atomic E-state index is 0.0127. The second-order valence-electron chi connectivity index (χ2n) is 3.84. The third-order valence-corrected chi connectivity index (χ3v) is 2.98. The van der Waals surface area contributed by atoms with Crippen LogP contribution >= 0.6 is 0 Å². The van der Waals surface area contributed by atoms with Crippen molar-refractivity contribution in [3.05, 3.63) is 0 Å². The zero-order valence-corrected chi connectivity index (χ0v) is 8.54. The van der Waals surface area contributed by atoms with Gasteiger partial charge in [-0.15, -0.1) is 0 Å². The lowest BCUT2D eigenvalue weighted by molar-refractivity contribution is -0.219. The SMILES string of the molecule is CCC1CC(C)C(C)C(OC)O1. The van der Waals surface area contributed by atoms with Crippen LogP contribution < -0.4 is 0 Å². The summed E-state index contributed by atoms with van der Waals surface area (Å²) in [6.45, 7) is 6.65. The average Bonchev–Trinajstić information content (AvgIpc) is 2.09. The van der Waals surface area contributed by atoms with E-state index in [4.69, 9.17) is 9.47 Å². The Morgan fingerprint density at radius 1 is 1.42 bits per heavy atom. The molecule has 12 heavy (non-hydrogen) atoms. The zero-order chi connectivity index (χ0) is 9.14. The number of hydrogen-bond donors (Lipinski definition) is 0. The Morgan fingerprint density at radius 3 is 2.58 bits per heavy atom. The molecule has 1 aliphatic rings. The molecule has 2 nitrogen and oxygen atoms in total. The number of ether oxygens (including phenoxy) is 2. The van der Waals surface area contributed by atoms with Crippen molar-refractivity contribution in [2.24, 2.45) is 11.8 Å². The van der Waals surface area contributed by atoms with Crippen molar-refractivity contribution in [2.75, 3.05) is 7.11 Å². The highest BCUT2D eigenvalue weighted by molar-refractivity contribution is 4.75. The molecule has 1 fully saturated rings. The van der Waals surface area contributed by atoms with Crippen LogP contribution in [0.1, 0.15) is 33.6 Å². The lowest BCUT2D eigenvalue weighted by Crippen LogP contribution is -2.39. The molecule has 0 aromatic carbocycles.